The van der Waals surface area contributed by atoms with E-state index in [4.69, 9.17) is 11.6 Å². The number of hydrogen-bond donors (Lipinski definition) is 0. The van der Waals surface area contributed by atoms with E-state index in [1.165, 1.54) is 0 Å². The van der Waals surface area contributed by atoms with Crippen molar-refractivity contribution in [1.29, 1.82) is 0 Å². The van der Waals surface area contributed by atoms with Gasteiger partial charge in [0.05, 0.1) is 14.3 Å². The van der Waals surface area contributed by atoms with Crippen LogP contribution in [-0.2, 0) is 5.41 Å². The molecule has 1 nitrogen and oxygen atoms in total. The Morgan fingerprint density at radius 2 is 1.92 bits per heavy atom. The van der Waals surface area contributed by atoms with Crippen LogP contribution in [-0.4, -0.2) is 4.98 Å². The SMILES string of the molecule is Cc1c(C(C)(C)C)ncc(I)c1Cl. The molecule has 0 bridgehead atoms. The molecule has 72 valence electrons. The van der Waals surface area contributed by atoms with Crippen LogP contribution < -0.4 is 0 Å². The molecule has 0 spiro atoms. The van der Waals surface area contributed by atoms with Crippen LogP contribution in [0.3, 0.4) is 0 Å². The van der Waals surface area contributed by atoms with Gasteiger partial charge in [-0.25, -0.2) is 0 Å². The topological polar surface area (TPSA) is 12.9 Å². The predicted octanol–water partition coefficient (Wildman–Crippen LogP) is 3.95. The van der Waals surface area contributed by atoms with Crippen LogP contribution in [0.2, 0.25) is 5.02 Å². The molecule has 0 saturated carbocycles. The van der Waals surface area contributed by atoms with Gasteiger partial charge in [-0.15, -0.1) is 0 Å². The van der Waals surface area contributed by atoms with Gasteiger partial charge in [-0.2, -0.15) is 0 Å². The molecule has 0 aliphatic heterocycles. The van der Waals surface area contributed by atoms with E-state index in [0.29, 0.717) is 0 Å². The zero-order chi connectivity index (χ0) is 10.2. The third kappa shape index (κ3) is 2.34. The van der Waals surface area contributed by atoms with Gasteiger partial charge in [0, 0.05) is 11.6 Å². The molecule has 3 heteroatoms. The van der Waals surface area contributed by atoms with Crippen molar-refractivity contribution in [2.45, 2.75) is 33.1 Å². The summed E-state index contributed by atoms with van der Waals surface area (Å²) < 4.78 is 1.02. The lowest BCUT2D eigenvalue weighted by molar-refractivity contribution is 0.564. The maximum atomic E-state index is 6.14. The molecule has 1 aromatic rings. The van der Waals surface area contributed by atoms with Crippen molar-refractivity contribution in [3.05, 3.63) is 26.0 Å². The third-order valence-corrected chi connectivity index (χ3v) is 3.54. The van der Waals surface area contributed by atoms with Crippen LogP contribution in [0.25, 0.3) is 0 Å². The molecule has 1 rings (SSSR count). The van der Waals surface area contributed by atoms with Crippen molar-refractivity contribution in [2.24, 2.45) is 0 Å². The second-order valence-electron chi connectivity index (χ2n) is 4.14. The van der Waals surface area contributed by atoms with E-state index in [1.807, 2.05) is 13.1 Å². The zero-order valence-corrected chi connectivity index (χ0v) is 11.2. The van der Waals surface area contributed by atoms with Crippen molar-refractivity contribution in [1.82, 2.24) is 4.98 Å². The van der Waals surface area contributed by atoms with Gasteiger partial charge in [0.1, 0.15) is 0 Å². The predicted molar refractivity (Wildman–Crippen MR) is 65.4 cm³/mol. The number of nitrogens with zero attached hydrogens (tertiary/aromatic N) is 1. The Morgan fingerprint density at radius 3 is 2.38 bits per heavy atom. The first kappa shape index (κ1) is 11.2. The highest BCUT2D eigenvalue weighted by molar-refractivity contribution is 14.1. The molecule has 0 N–H and O–H groups in total. The Morgan fingerprint density at radius 1 is 1.38 bits per heavy atom. The van der Waals surface area contributed by atoms with Crippen molar-refractivity contribution in [3.63, 3.8) is 0 Å². The van der Waals surface area contributed by atoms with E-state index in [0.717, 1.165) is 19.9 Å². The largest absolute Gasteiger partial charge is 0.259 e. The van der Waals surface area contributed by atoms with Crippen LogP contribution in [0.15, 0.2) is 6.20 Å². The molecule has 0 saturated heterocycles. The number of halogens is 2. The molecule has 1 heterocycles. The lowest BCUT2D eigenvalue weighted by Gasteiger charge is -2.20. The highest BCUT2D eigenvalue weighted by Gasteiger charge is 2.20. The average Bonchev–Trinajstić information content (AvgIpc) is 1.98. The summed E-state index contributed by atoms with van der Waals surface area (Å²) in [5, 5.41) is 0.834. The summed E-state index contributed by atoms with van der Waals surface area (Å²) in [4.78, 5) is 4.42. The van der Waals surface area contributed by atoms with Gasteiger partial charge in [-0.3, -0.25) is 4.98 Å². The first-order valence-corrected chi connectivity index (χ1v) is 5.61. The Hall–Kier alpha value is 0.170. The van der Waals surface area contributed by atoms with Crippen molar-refractivity contribution in [2.75, 3.05) is 0 Å². The van der Waals surface area contributed by atoms with Crippen molar-refractivity contribution in [3.8, 4) is 0 Å². The van der Waals surface area contributed by atoms with Crippen LogP contribution in [0.5, 0.6) is 0 Å². The number of rotatable bonds is 0. The maximum absolute atomic E-state index is 6.14. The van der Waals surface area contributed by atoms with Crippen LogP contribution in [0, 0.1) is 10.5 Å². The zero-order valence-electron chi connectivity index (χ0n) is 8.28. The van der Waals surface area contributed by atoms with E-state index in [2.05, 4.69) is 48.3 Å². The summed E-state index contributed by atoms with van der Waals surface area (Å²) in [6, 6.07) is 0. The quantitative estimate of drug-likeness (QED) is 0.661. The summed E-state index contributed by atoms with van der Waals surface area (Å²) in [5.41, 5.74) is 2.25. The fourth-order valence-electron chi connectivity index (χ4n) is 1.31. The molecule has 0 aliphatic carbocycles. The second kappa shape index (κ2) is 3.73. The number of aromatic nitrogens is 1. The Balaban J connectivity index is 3.35. The van der Waals surface area contributed by atoms with Gasteiger partial charge >= 0.3 is 0 Å². The normalized spacial score (nSPS) is 11.8. The minimum Gasteiger partial charge on any atom is -0.259 e. The maximum Gasteiger partial charge on any atom is 0.0602 e. The van der Waals surface area contributed by atoms with Gasteiger partial charge in [0.25, 0.3) is 0 Å². The van der Waals surface area contributed by atoms with E-state index >= 15 is 0 Å². The monoisotopic (exact) mass is 309 g/mol. The first-order valence-electron chi connectivity index (χ1n) is 4.15. The smallest absolute Gasteiger partial charge is 0.0602 e. The minimum atomic E-state index is 0.0675. The van der Waals surface area contributed by atoms with E-state index < -0.39 is 0 Å². The molecule has 0 radical (unpaired) electrons. The van der Waals surface area contributed by atoms with Gasteiger partial charge < -0.3 is 0 Å². The molecule has 1 aromatic heterocycles. The van der Waals surface area contributed by atoms with Crippen molar-refractivity contribution >= 4 is 34.2 Å². The molecule has 0 fully saturated rings. The summed E-state index contributed by atoms with van der Waals surface area (Å²) in [6.07, 6.45) is 1.83. The van der Waals surface area contributed by atoms with Crippen LogP contribution >= 0.6 is 34.2 Å². The van der Waals surface area contributed by atoms with E-state index in [9.17, 15) is 0 Å². The van der Waals surface area contributed by atoms with Gasteiger partial charge in [-0.05, 0) is 35.1 Å². The molecular weight excluding hydrogens is 296 g/mol. The minimum absolute atomic E-state index is 0.0675. The molecule has 13 heavy (non-hydrogen) atoms. The van der Waals surface area contributed by atoms with Gasteiger partial charge in [0.2, 0.25) is 0 Å². The standard InChI is InChI=1S/C10H13ClIN/c1-6-8(11)7(12)5-13-9(6)10(2,3)4/h5H,1-4H3. The molecule has 0 amide bonds. The Kier molecular flexibility index (Phi) is 3.23. The molecule has 0 atom stereocenters. The molecule has 0 aliphatic rings. The third-order valence-electron chi connectivity index (χ3n) is 1.91. The lowest BCUT2D eigenvalue weighted by Crippen LogP contribution is -2.15. The van der Waals surface area contributed by atoms with E-state index in [-0.39, 0.29) is 5.41 Å². The van der Waals surface area contributed by atoms with E-state index in [1.54, 1.807) is 0 Å². The average molecular weight is 310 g/mol. The first-order chi connectivity index (χ1) is 5.84. The highest BCUT2D eigenvalue weighted by atomic mass is 127. The molecule has 0 aromatic carbocycles. The summed E-state index contributed by atoms with van der Waals surface area (Å²) in [6.45, 7) is 8.46. The molecule has 0 unspecified atom stereocenters. The summed E-state index contributed by atoms with van der Waals surface area (Å²) in [5.74, 6) is 0. The highest BCUT2D eigenvalue weighted by Crippen LogP contribution is 2.30. The van der Waals surface area contributed by atoms with Gasteiger partial charge in [-0.1, -0.05) is 32.4 Å². The van der Waals surface area contributed by atoms with Crippen LogP contribution in [0.4, 0.5) is 0 Å². The fraction of sp³-hybridized carbons (Fsp3) is 0.500. The lowest BCUT2D eigenvalue weighted by atomic mass is 9.89. The summed E-state index contributed by atoms with van der Waals surface area (Å²) >= 11 is 8.34. The number of hydrogen-bond acceptors (Lipinski definition) is 1. The fourth-order valence-corrected chi connectivity index (χ4v) is 2.00. The molecular formula is C10H13ClIN. The summed E-state index contributed by atoms with van der Waals surface area (Å²) in [7, 11) is 0. The second-order valence-corrected chi connectivity index (χ2v) is 5.68. The number of pyridine rings is 1. The van der Waals surface area contributed by atoms with Crippen LogP contribution in [0.1, 0.15) is 32.0 Å². The van der Waals surface area contributed by atoms with Crippen molar-refractivity contribution < 1.29 is 0 Å². The Labute approximate surface area is 98.0 Å². The van der Waals surface area contributed by atoms with Gasteiger partial charge in [0.15, 0.2) is 0 Å². The Bertz CT molecular complexity index is 328.